The molecule has 2 heterocycles. The molecule has 1 unspecified atom stereocenters. The number of anilines is 1. The number of hydrogen-bond donors (Lipinski definition) is 1. The molecule has 0 amide bonds. The highest BCUT2D eigenvalue weighted by atomic mass is 32.2. The Morgan fingerprint density at radius 2 is 2.25 bits per heavy atom. The van der Waals surface area contributed by atoms with E-state index < -0.39 is 9.84 Å². The van der Waals surface area contributed by atoms with Gasteiger partial charge in [-0.1, -0.05) is 6.42 Å². The highest BCUT2D eigenvalue weighted by Crippen LogP contribution is 2.19. The lowest BCUT2D eigenvalue weighted by atomic mass is 10.2. The predicted molar refractivity (Wildman–Crippen MR) is 61.9 cm³/mol. The summed E-state index contributed by atoms with van der Waals surface area (Å²) in [6.45, 7) is 0.432. The fraction of sp³-hybridized carbons (Fsp3) is 0.600. The monoisotopic (exact) mass is 241 g/mol. The van der Waals surface area contributed by atoms with E-state index in [0.717, 1.165) is 19.3 Å². The Bertz CT molecular complexity index is 433. The van der Waals surface area contributed by atoms with Crippen LogP contribution in [0.1, 0.15) is 19.3 Å². The van der Waals surface area contributed by atoms with Crippen molar-refractivity contribution in [1.82, 2.24) is 9.97 Å². The molecule has 0 bridgehead atoms. The molecule has 1 aliphatic rings. The van der Waals surface area contributed by atoms with E-state index in [4.69, 9.17) is 0 Å². The average molecular weight is 241 g/mol. The van der Waals surface area contributed by atoms with Crippen molar-refractivity contribution in [2.75, 3.05) is 17.6 Å². The van der Waals surface area contributed by atoms with Crippen LogP contribution in [0.4, 0.5) is 5.82 Å². The van der Waals surface area contributed by atoms with Gasteiger partial charge in [-0.2, -0.15) is 0 Å². The second kappa shape index (κ2) is 4.78. The fourth-order valence-corrected chi connectivity index (χ4v) is 3.66. The van der Waals surface area contributed by atoms with E-state index in [-0.39, 0.29) is 5.25 Å². The molecule has 1 aliphatic heterocycles. The van der Waals surface area contributed by atoms with Gasteiger partial charge in [0.2, 0.25) is 0 Å². The smallest absolute Gasteiger partial charge is 0.154 e. The van der Waals surface area contributed by atoms with E-state index in [9.17, 15) is 8.42 Å². The Hall–Kier alpha value is -1.17. The summed E-state index contributed by atoms with van der Waals surface area (Å²) in [5.74, 6) is 0.947. The van der Waals surface area contributed by atoms with Gasteiger partial charge < -0.3 is 5.32 Å². The summed E-state index contributed by atoms with van der Waals surface area (Å²) >= 11 is 0. The standard InChI is InChI=1S/C10H15N3O2S/c14-16(15)6-2-1-3-9(16)7-13-10-8-11-4-5-12-10/h4-5,8-9H,1-3,6-7H2,(H,12,13). The van der Waals surface area contributed by atoms with Crippen LogP contribution in [0, 0.1) is 0 Å². The molecule has 1 aromatic rings. The highest BCUT2D eigenvalue weighted by Gasteiger charge is 2.28. The van der Waals surface area contributed by atoms with Crippen molar-refractivity contribution in [2.24, 2.45) is 0 Å². The number of aromatic nitrogens is 2. The zero-order chi connectivity index (χ0) is 11.4. The molecule has 2 rings (SSSR count). The molecule has 1 saturated heterocycles. The van der Waals surface area contributed by atoms with Crippen LogP contribution in [0.2, 0.25) is 0 Å². The molecule has 5 nitrogen and oxygen atoms in total. The van der Waals surface area contributed by atoms with E-state index in [0.29, 0.717) is 18.1 Å². The molecular formula is C10H15N3O2S. The first-order chi connectivity index (χ1) is 7.68. The first-order valence-corrected chi connectivity index (χ1v) is 7.11. The van der Waals surface area contributed by atoms with Crippen LogP contribution in [0.15, 0.2) is 18.6 Å². The predicted octanol–water partition coefficient (Wildman–Crippen LogP) is 0.856. The van der Waals surface area contributed by atoms with Crippen LogP contribution in [-0.2, 0) is 9.84 Å². The summed E-state index contributed by atoms with van der Waals surface area (Å²) in [5, 5.41) is 2.74. The van der Waals surface area contributed by atoms with Crippen molar-refractivity contribution in [3.05, 3.63) is 18.6 Å². The van der Waals surface area contributed by atoms with Gasteiger partial charge >= 0.3 is 0 Å². The first-order valence-electron chi connectivity index (χ1n) is 5.40. The summed E-state index contributed by atoms with van der Waals surface area (Å²) in [6, 6.07) is 0. The van der Waals surface area contributed by atoms with Crippen molar-refractivity contribution >= 4 is 15.7 Å². The Balaban J connectivity index is 1.95. The quantitative estimate of drug-likeness (QED) is 0.849. The van der Waals surface area contributed by atoms with E-state index >= 15 is 0 Å². The Kier molecular flexibility index (Phi) is 3.38. The zero-order valence-electron chi connectivity index (χ0n) is 8.96. The van der Waals surface area contributed by atoms with Gasteiger partial charge in [0, 0.05) is 18.9 Å². The SMILES string of the molecule is O=S1(=O)CCCCC1CNc1cnccn1. The van der Waals surface area contributed by atoms with E-state index in [1.54, 1.807) is 18.6 Å². The molecule has 6 heteroatoms. The van der Waals surface area contributed by atoms with Crippen LogP contribution >= 0.6 is 0 Å². The summed E-state index contributed by atoms with van der Waals surface area (Å²) in [5.41, 5.74) is 0. The Morgan fingerprint density at radius 1 is 1.38 bits per heavy atom. The van der Waals surface area contributed by atoms with Crippen LogP contribution in [-0.4, -0.2) is 35.9 Å². The lowest BCUT2D eigenvalue weighted by molar-refractivity contribution is 0.544. The number of rotatable bonds is 3. The largest absolute Gasteiger partial charge is 0.367 e. The van der Waals surface area contributed by atoms with Gasteiger partial charge in [-0.05, 0) is 12.8 Å². The molecule has 1 aromatic heterocycles. The highest BCUT2D eigenvalue weighted by molar-refractivity contribution is 7.92. The molecular weight excluding hydrogens is 226 g/mol. The third kappa shape index (κ3) is 2.69. The van der Waals surface area contributed by atoms with Gasteiger partial charge in [-0.15, -0.1) is 0 Å². The molecule has 1 N–H and O–H groups in total. The minimum Gasteiger partial charge on any atom is -0.367 e. The Morgan fingerprint density at radius 3 is 2.94 bits per heavy atom. The van der Waals surface area contributed by atoms with Crippen molar-refractivity contribution in [3.63, 3.8) is 0 Å². The summed E-state index contributed by atoms with van der Waals surface area (Å²) in [6.07, 6.45) is 7.29. The van der Waals surface area contributed by atoms with Crippen molar-refractivity contribution in [1.29, 1.82) is 0 Å². The maximum atomic E-state index is 11.7. The van der Waals surface area contributed by atoms with Crippen LogP contribution in [0.3, 0.4) is 0 Å². The minimum atomic E-state index is -2.90. The van der Waals surface area contributed by atoms with Crippen LogP contribution in [0.5, 0.6) is 0 Å². The van der Waals surface area contributed by atoms with Gasteiger partial charge in [-0.3, -0.25) is 4.98 Å². The molecule has 0 aliphatic carbocycles. The van der Waals surface area contributed by atoms with Gasteiger partial charge in [0.05, 0.1) is 17.2 Å². The number of hydrogen-bond acceptors (Lipinski definition) is 5. The zero-order valence-corrected chi connectivity index (χ0v) is 9.78. The van der Waals surface area contributed by atoms with Gasteiger partial charge in [0.1, 0.15) is 5.82 Å². The average Bonchev–Trinajstić information content (AvgIpc) is 2.28. The Labute approximate surface area is 95.2 Å². The van der Waals surface area contributed by atoms with Gasteiger partial charge in [-0.25, -0.2) is 13.4 Å². The van der Waals surface area contributed by atoms with Crippen molar-refractivity contribution in [2.45, 2.75) is 24.5 Å². The third-order valence-corrected chi connectivity index (χ3v) is 5.06. The molecule has 16 heavy (non-hydrogen) atoms. The van der Waals surface area contributed by atoms with Gasteiger partial charge in [0.25, 0.3) is 0 Å². The van der Waals surface area contributed by atoms with Gasteiger partial charge in [0.15, 0.2) is 9.84 Å². The molecule has 0 aromatic carbocycles. The molecule has 0 radical (unpaired) electrons. The molecule has 1 fully saturated rings. The lowest BCUT2D eigenvalue weighted by Gasteiger charge is -2.22. The maximum absolute atomic E-state index is 11.7. The van der Waals surface area contributed by atoms with E-state index in [2.05, 4.69) is 15.3 Å². The second-order valence-corrected chi connectivity index (χ2v) is 6.36. The summed E-state index contributed by atoms with van der Waals surface area (Å²) < 4.78 is 23.5. The molecule has 0 saturated carbocycles. The van der Waals surface area contributed by atoms with Crippen LogP contribution < -0.4 is 5.32 Å². The minimum absolute atomic E-state index is 0.275. The normalized spacial score (nSPS) is 23.9. The second-order valence-electron chi connectivity index (χ2n) is 3.96. The van der Waals surface area contributed by atoms with Crippen molar-refractivity contribution in [3.8, 4) is 0 Å². The van der Waals surface area contributed by atoms with E-state index in [1.807, 2.05) is 0 Å². The summed E-state index contributed by atoms with van der Waals surface area (Å²) in [4.78, 5) is 7.95. The lowest BCUT2D eigenvalue weighted by Crippen LogP contribution is -2.34. The number of nitrogens with zero attached hydrogens (tertiary/aromatic N) is 2. The summed E-state index contributed by atoms with van der Waals surface area (Å²) in [7, 11) is -2.90. The van der Waals surface area contributed by atoms with Crippen LogP contribution in [0.25, 0.3) is 0 Å². The molecule has 0 spiro atoms. The van der Waals surface area contributed by atoms with Crippen molar-refractivity contribution < 1.29 is 8.42 Å². The molecule has 88 valence electrons. The first kappa shape index (κ1) is 11.3. The fourth-order valence-electron chi connectivity index (χ4n) is 1.86. The maximum Gasteiger partial charge on any atom is 0.154 e. The molecule has 1 atom stereocenters. The van der Waals surface area contributed by atoms with E-state index in [1.165, 1.54) is 0 Å². The third-order valence-electron chi connectivity index (χ3n) is 2.79. The topological polar surface area (TPSA) is 72.0 Å². The number of sulfone groups is 1. The number of nitrogens with one attached hydrogen (secondary N) is 1.